The normalized spacial score (nSPS) is 51.5. The van der Waals surface area contributed by atoms with E-state index >= 15 is 0 Å². The van der Waals surface area contributed by atoms with Gasteiger partial charge in [0.1, 0.15) is 0 Å². The molecule has 0 amide bonds. The zero-order chi connectivity index (χ0) is 9.47. The van der Waals surface area contributed by atoms with E-state index in [9.17, 15) is 0 Å². The van der Waals surface area contributed by atoms with E-state index < -0.39 is 0 Å². The second kappa shape index (κ2) is 3.29. The Balaban J connectivity index is 2.16. The molecule has 13 heavy (non-hydrogen) atoms. The molecule has 0 nitrogen and oxygen atoms in total. The van der Waals surface area contributed by atoms with Crippen LogP contribution in [-0.4, -0.2) is 0 Å². The lowest BCUT2D eigenvalue weighted by molar-refractivity contribution is 0.0626. The third-order valence-electron chi connectivity index (χ3n) is 5.06. The first kappa shape index (κ1) is 9.55. The van der Waals surface area contributed by atoms with Gasteiger partial charge in [-0.2, -0.15) is 0 Å². The van der Waals surface area contributed by atoms with Crippen LogP contribution in [0.15, 0.2) is 0 Å². The quantitative estimate of drug-likeness (QED) is 0.523. The highest BCUT2D eigenvalue weighted by Crippen LogP contribution is 2.56. The largest absolute Gasteiger partial charge is 0.0625 e. The molecule has 0 radical (unpaired) electrons. The maximum atomic E-state index is 2.50. The fourth-order valence-electron chi connectivity index (χ4n) is 4.09. The van der Waals surface area contributed by atoms with Gasteiger partial charge in [0.2, 0.25) is 0 Å². The first-order chi connectivity index (χ1) is 6.15. The van der Waals surface area contributed by atoms with Gasteiger partial charge in [-0.3, -0.25) is 0 Å². The van der Waals surface area contributed by atoms with Crippen molar-refractivity contribution < 1.29 is 0 Å². The molecule has 76 valence electrons. The standard InChI is InChI=1S/C13H24/c1-10-5-4-8-13(9-10)11(2)6-7-12(13)3/h10-12H,4-9H2,1-3H3/t10-,11-,12+,13?/m0/s1. The molecule has 0 aliphatic heterocycles. The van der Waals surface area contributed by atoms with Crippen molar-refractivity contribution in [3.8, 4) is 0 Å². The van der Waals surface area contributed by atoms with E-state index in [0.29, 0.717) is 0 Å². The Labute approximate surface area is 83.1 Å². The molecule has 0 heteroatoms. The van der Waals surface area contributed by atoms with Gasteiger partial charge in [0.15, 0.2) is 0 Å². The Hall–Kier alpha value is 0. The third kappa shape index (κ3) is 1.43. The van der Waals surface area contributed by atoms with Crippen LogP contribution < -0.4 is 0 Å². The summed E-state index contributed by atoms with van der Waals surface area (Å²) in [5.74, 6) is 3.01. The van der Waals surface area contributed by atoms with Crippen LogP contribution in [-0.2, 0) is 0 Å². The summed E-state index contributed by atoms with van der Waals surface area (Å²) in [5, 5.41) is 0. The molecular weight excluding hydrogens is 156 g/mol. The number of rotatable bonds is 0. The van der Waals surface area contributed by atoms with Gasteiger partial charge in [0.25, 0.3) is 0 Å². The molecule has 1 unspecified atom stereocenters. The lowest BCUT2D eigenvalue weighted by Gasteiger charge is -2.44. The van der Waals surface area contributed by atoms with E-state index in [0.717, 1.165) is 23.2 Å². The van der Waals surface area contributed by atoms with Crippen molar-refractivity contribution in [2.24, 2.45) is 23.2 Å². The van der Waals surface area contributed by atoms with E-state index in [4.69, 9.17) is 0 Å². The molecule has 2 rings (SSSR count). The Morgan fingerprint density at radius 1 is 0.923 bits per heavy atom. The fraction of sp³-hybridized carbons (Fsp3) is 1.00. The smallest absolute Gasteiger partial charge is 0.0244 e. The van der Waals surface area contributed by atoms with Crippen LogP contribution in [0.3, 0.4) is 0 Å². The summed E-state index contributed by atoms with van der Waals surface area (Å²) in [5.41, 5.74) is 0.762. The van der Waals surface area contributed by atoms with Crippen molar-refractivity contribution in [3.63, 3.8) is 0 Å². The van der Waals surface area contributed by atoms with Crippen molar-refractivity contribution in [3.05, 3.63) is 0 Å². The topological polar surface area (TPSA) is 0 Å². The average Bonchev–Trinajstić information content (AvgIpc) is 2.34. The molecule has 0 saturated heterocycles. The van der Waals surface area contributed by atoms with Gasteiger partial charge in [-0.1, -0.05) is 33.6 Å². The van der Waals surface area contributed by atoms with E-state index in [1.165, 1.54) is 38.5 Å². The maximum absolute atomic E-state index is 2.50. The van der Waals surface area contributed by atoms with E-state index in [-0.39, 0.29) is 0 Å². The summed E-state index contributed by atoms with van der Waals surface area (Å²) in [7, 11) is 0. The van der Waals surface area contributed by atoms with Crippen LogP contribution in [0.2, 0.25) is 0 Å². The third-order valence-corrected chi connectivity index (χ3v) is 5.06. The Morgan fingerprint density at radius 3 is 2.08 bits per heavy atom. The number of hydrogen-bond donors (Lipinski definition) is 0. The molecule has 2 aliphatic rings. The lowest BCUT2D eigenvalue weighted by Crippen LogP contribution is -2.34. The summed E-state index contributed by atoms with van der Waals surface area (Å²) >= 11 is 0. The molecule has 1 spiro atoms. The highest BCUT2D eigenvalue weighted by molar-refractivity contribution is 4.97. The molecule has 2 aliphatic carbocycles. The molecule has 0 N–H and O–H groups in total. The van der Waals surface area contributed by atoms with Crippen LogP contribution in [0.1, 0.15) is 59.3 Å². The molecule has 4 atom stereocenters. The van der Waals surface area contributed by atoms with Crippen molar-refractivity contribution in [2.75, 3.05) is 0 Å². The second-order valence-electron chi connectivity index (χ2n) is 5.81. The van der Waals surface area contributed by atoms with Gasteiger partial charge in [-0.05, 0) is 48.9 Å². The Kier molecular flexibility index (Phi) is 2.42. The SMILES string of the molecule is C[C@H]1CCCC2(C1)[C@H](C)CC[C@@H]2C. The molecule has 0 aromatic carbocycles. The van der Waals surface area contributed by atoms with Crippen molar-refractivity contribution >= 4 is 0 Å². The lowest BCUT2D eigenvalue weighted by atomic mass is 9.61. The molecule has 0 aromatic rings. The summed E-state index contributed by atoms with van der Waals surface area (Å²) < 4.78 is 0. The zero-order valence-electron chi connectivity index (χ0n) is 9.47. The fourth-order valence-corrected chi connectivity index (χ4v) is 4.09. The molecule has 2 fully saturated rings. The van der Waals surface area contributed by atoms with E-state index in [2.05, 4.69) is 20.8 Å². The summed E-state index contributed by atoms with van der Waals surface area (Å²) in [6.07, 6.45) is 9.02. The monoisotopic (exact) mass is 180 g/mol. The Morgan fingerprint density at radius 2 is 1.54 bits per heavy atom. The first-order valence-corrected chi connectivity index (χ1v) is 6.15. The molecular formula is C13H24. The first-order valence-electron chi connectivity index (χ1n) is 6.15. The molecule has 0 heterocycles. The molecule has 2 saturated carbocycles. The summed E-state index contributed by atoms with van der Waals surface area (Å²) in [4.78, 5) is 0. The molecule has 0 bridgehead atoms. The minimum atomic E-state index is 0.762. The highest BCUT2D eigenvalue weighted by atomic mass is 14.5. The Bertz CT molecular complexity index is 172. The van der Waals surface area contributed by atoms with Crippen LogP contribution in [0.4, 0.5) is 0 Å². The summed E-state index contributed by atoms with van der Waals surface area (Å²) in [6, 6.07) is 0. The van der Waals surface area contributed by atoms with Gasteiger partial charge < -0.3 is 0 Å². The van der Waals surface area contributed by atoms with Crippen molar-refractivity contribution in [2.45, 2.75) is 59.3 Å². The van der Waals surface area contributed by atoms with Crippen LogP contribution in [0, 0.1) is 23.2 Å². The van der Waals surface area contributed by atoms with Crippen LogP contribution >= 0.6 is 0 Å². The minimum absolute atomic E-state index is 0.762. The predicted octanol–water partition coefficient (Wildman–Crippen LogP) is 4.25. The minimum Gasteiger partial charge on any atom is -0.0625 e. The van der Waals surface area contributed by atoms with Gasteiger partial charge >= 0.3 is 0 Å². The van der Waals surface area contributed by atoms with Gasteiger partial charge in [0, 0.05) is 0 Å². The highest BCUT2D eigenvalue weighted by Gasteiger charge is 2.47. The molecule has 0 aromatic heterocycles. The number of hydrogen-bond acceptors (Lipinski definition) is 0. The average molecular weight is 180 g/mol. The van der Waals surface area contributed by atoms with Crippen molar-refractivity contribution in [1.82, 2.24) is 0 Å². The zero-order valence-corrected chi connectivity index (χ0v) is 9.47. The van der Waals surface area contributed by atoms with E-state index in [1.54, 1.807) is 0 Å². The van der Waals surface area contributed by atoms with Crippen molar-refractivity contribution in [1.29, 1.82) is 0 Å². The van der Waals surface area contributed by atoms with Gasteiger partial charge in [0.05, 0.1) is 0 Å². The second-order valence-corrected chi connectivity index (χ2v) is 5.81. The summed E-state index contributed by atoms with van der Waals surface area (Å²) in [6.45, 7) is 7.46. The maximum Gasteiger partial charge on any atom is -0.0244 e. The van der Waals surface area contributed by atoms with Crippen LogP contribution in [0.25, 0.3) is 0 Å². The van der Waals surface area contributed by atoms with E-state index in [1.807, 2.05) is 0 Å². The van der Waals surface area contributed by atoms with Gasteiger partial charge in [-0.25, -0.2) is 0 Å². The van der Waals surface area contributed by atoms with Gasteiger partial charge in [-0.15, -0.1) is 0 Å². The van der Waals surface area contributed by atoms with Crippen LogP contribution in [0.5, 0.6) is 0 Å². The predicted molar refractivity (Wildman–Crippen MR) is 57.6 cm³/mol.